The number of ether oxygens (including phenoxy) is 2. The number of hydrogen-bond donors (Lipinski definition) is 2. The number of rotatable bonds is 3. The lowest BCUT2D eigenvalue weighted by Gasteiger charge is -2.57. The van der Waals surface area contributed by atoms with Gasteiger partial charge in [-0.3, -0.25) is 9.59 Å². The average molecular weight is 513 g/mol. The molecule has 7 heteroatoms. The Morgan fingerprint density at radius 1 is 1.27 bits per heavy atom. The molecule has 202 valence electrons. The number of ketones is 1. The van der Waals surface area contributed by atoms with Crippen LogP contribution in [0.3, 0.4) is 0 Å². The summed E-state index contributed by atoms with van der Waals surface area (Å²) in [5.74, 6) is -3.24. The van der Waals surface area contributed by atoms with Crippen LogP contribution < -0.4 is 0 Å². The third-order valence-electron chi connectivity index (χ3n) is 10.7. The van der Waals surface area contributed by atoms with E-state index in [-0.39, 0.29) is 29.5 Å². The van der Waals surface area contributed by atoms with Gasteiger partial charge in [0.1, 0.15) is 12.2 Å². The van der Waals surface area contributed by atoms with E-state index in [1.807, 2.05) is 13.0 Å². The largest absolute Gasteiger partial charge is 0.459 e. The Balaban J connectivity index is 1.74. The second kappa shape index (κ2) is 8.37. The first-order chi connectivity index (χ1) is 17.2. The van der Waals surface area contributed by atoms with Crippen molar-refractivity contribution in [2.24, 2.45) is 46.3 Å². The molecular formula is C30H40O7. The fourth-order valence-corrected chi connectivity index (χ4v) is 8.43. The van der Waals surface area contributed by atoms with Crippen molar-refractivity contribution in [1.82, 2.24) is 0 Å². The minimum atomic E-state index is -1.16. The smallest absolute Gasteiger partial charge is 0.333 e. The van der Waals surface area contributed by atoms with E-state index in [9.17, 15) is 24.6 Å². The van der Waals surface area contributed by atoms with Crippen LogP contribution in [0.2, 0.25) is 0 Å². The van der Waals surface area contributed by atoms with E-state index in [1.165, 1.54) is 11.6 Å². The molecule has 2 N–H and O–H groups in total. The van der Waals surface area contributed by atoms with Gasteiger partial charge in [0.05, 0.1) is 28.5 Å². The van der Waals surface area contributed by atoms with Crippen LogP contribution in [-0.4, -0.2) is 51.8 Å². The molecule has 3 fully saturated rings. The van der Waals surface area contributed by atoms with Crippen LogP contribution in [-0.2, 0) is 23.9 Å². The summed E-state index contributed by atoms with van der Waals surface area (Å²) >= 11 is 0. The third-order valence-corrected chi connectivity index (χ3v) is 10.7. The normalized spacial score (nSPS) is 46.9. The number of fused-ring (bicyclic) bond motifs is 3. The van der Waals surface area contributed by atoms with Gasteiger partial charge in [0, 0.05) is 5.57 Å². The number of aliphatic hydroxyl groups excluding tert-OH is 1. The second-order valence-corrected chi connectivity index (χ2v) is 12.9. The summed E-state index contributed by atoms with van der Waals surface area (Å²) in [6.45, 7) is 12.7. The van der Waals surface area contributed by atoms with Crippen molar-refractivity contribution in [3.05, 3.63) is 35.5 Å². The lowest BCUT2D eigenvalue weighted by molar-refractivity contribution is -0.178. The van der Waals surface area contributed by atoms with Gasteiger partial charge in [0.15, 0.2) is 5.78 Å². The summed E-state index contributed by atoms with van der Waals surface area (Å²) in [5, 5.41) is 22.8. The first-order valence-corrected chi connectivity index (χ1v) is 13.6. The summed E-state index contributed by atoms with van der Waals surface area (Å²) < 4.78 is 12.3. The predicted molar refractivity (Wildman–Crippen MR) is 136 cm³/mol. The van der Waals surface area contributed by atoms with Crippen molar-refractivity contribution in [3.8, 4) is 0 Å². The maximum absolute atomic E-state index is 14.1. The predicted octanol–water partition coefficient (Wildman–Crippen LogP) is 3.54. The molecule has 7 nitrogen and oxygen atoms in total. The molecule has 6 rings (SSSR count). The van der Waals surface area contributed by atoms with Gasteiger partial charge in [-0.1, -0.05) is 30.7 Å². The number of allylic oxidation sites excluding steroid dienone is 5. The Bertz CT molecular complexity index is 1130. The highest BCUT2D eigenvalue weighted by molar-refractivity contribution is 5.99. The first kappa shape index (κ1) is 26.4. The minimum absolute atomic E-state index is 0.0418. The second-order valence-electron chi connectivity index (χ2n) is 12.9. The number of hydrogen-bond acceptors (Lipinski definition) is 7. The van der Waals surface area contributed by atoms with E-state index in [2.05, 4.69) is 13.0 Å². The number of esters is 2. The van der Waals surface area contributed by atoms with Crippen LogP contribution >= 0.6 is 0 Å². The van der Waals surface area contributed by atoms with Gasteiger partial charge >= 0.3 is 11.9 Å². The van der Waals surface area contributed by atoms with Gasteiger partial charge in [-0.2, -0.15) is 0 Å². The highest BCUT2D eigenvalue weighted by atomic mass is 16.6. The van der Waals surface area contributed by atoms with Crippen LogP contribution in [0.4, 0.5) is 0 Å². The van der Waals surface area contributed by atoms with E-state index >= 15 is 0 Å². The highest BCUT2D eigenvalue weighted by Crippen LogP contribution is 2.67. The molecule has 6 aliphatic rings. The summed E-state index contributed by atoms with van der Waals surface area (Å²) in [4.78, 5) is 40.9. The molecule has 1 saturated heterocycles. The average Bonchev–Trinajstić information content (AvgIpc) is 3.27. The fraction of sp³-hybridized carbons (Fsp3) is 0.700. The first-order valence-electron chi connectivity index (χ1n) is 13.6. The van der Waals surface area contributed by atoms with Gasteiger partial charge < -0.3 is 19.7 Å². The van der Waals surface area contributed by atoms with Crippen molar-refractivity contribution in [2.75, 3.05) is 0 Å². The molecular weight excluding hydrogens is 472 g/mol. The zero-order chi connectivity index (χ0) is 27.2. The Morgan fingerprint density at radius 3 is 2.54 bits per heavy atom. The van der Waals surface area contributed by atoms with Crippen LogP contribution in [0.15, 0.2) is 35.5 Å². The summed E-state index contributed by atoms with van der Waals surface area (Å²) in [5.41, 5.74) is -1.77. The summed E-state index contributed by atoms with van der Waals surface area (Å²) in [7, 11) is 0. The Labute approximate surface area is 219 Å². The maximum Gasteiger partial charge on any atom is 0.333 e. The fourth-order valence-electron chi connectivity index (χ4n) is 8.43. The molecule has 0 unspecified atom stereocenters. The van der Waals surface area contributed by atoms with Crippen LogP contribution in [0.25, 0.3) is 0 Å². The van der Waals surface area contributed by atoms with Crippen molar-refractivity contribution in [2.45, 2.75) is 85.2 Å². The standard InChI is InChI=1S/C30H40O7/c1-8-14(2)26(33)37-25-22-24(23(32)16(4)18-9-10-21(31)29(18,25)7)36-27(34)30(22)13-17-12-19(28(5,6)35)20(30)11-15(17)3/h8-11,16-20,22-25,32,35H,12-13H2,1-7H3/b14-8-/t16-,17+,18-,19-,20-,22-,23+,24+,25-,29-,30-/m0/s1. The van der Waals surface area contributed by atoms with Crippen molar-refractivity contribution in [1.29, 1.82) is 0 Å². The Morgan fingerprint density at radius 2 is 1.95 bits per heavy atom. The molecule has 0 radical (unpaired) electrons. The van der Waals surface area contributed by atoms with E-state index in [0.29, 0.717) is 12.0 Å². The molecule has 1 spiro atoms. The van der Waals surface area contributed by atoms with E-state index in [4.69, 9.17) is 9.47 Å². The molecule has 0 aromatic heterocycles. The topological polar surface area (TPSA) is 110 Å². The monoisotopic (exact) mass is 512 g/mol. The lowest BCUT2D eigenvalue weighted by atomic mass is 9.46. The van der Waals surface area contributed by atoms with Crippen LogP contribution in [0.5, 0.6) is 0 Å². The Hall–Kier alpha value is -2.25. The number of aliphatic hydroxyl groups is 2. The van der Waals surface area contributed by atoms with Crippen molar-refractivity contribution >= 4 is 17.7 Å². The number of carbonyl (C=O) groups excluding carboxylic acids is 3. The molecule has 1 heterocycles. The lowest BCUT2D eigenvalue weighted by Crippen LogP contribution is -2.61. The molecule has 2 saturated carbocycles. The molecule has 0 aromatic carbocycles. The van der Waals surface area contributed by atoms with Gasteiger partial charge in [-0.25, -0.2) is 4.79 Å². The van der Waals surface area contributed by atoms with Gasteiger partial charge in [-0.05, 0) is 90.0 Å². The minimum Gasteiger partial charge on any atom is -0.459 e. The molecule has 2 bridgehead atoms. The van der Waals surface area contributed by atoms with Gasteiger partial charge in [-0.15, -0.1) is 0 Å². The van der Waals surface area contributed by atoms with E-state index in [1.54, 1.807) is 40.7 Å². The quantitative estimate of drug-likeness (QED) is 0.338. The molecule has 37 heavy (non-hydrogen) atoms. The van der Waals surface area contributed by atoms with Gasteiger partial charge in [0.25, 0.3) is 0 Å². The number of carbonyl (C=O) groups is 3. The SMILES string of the molecule is C/C=C(/C)C(=O)O[C@H]1[C@@H]2[C@@H](OC(=O)[C@]23C[C@H]2C[C@H](C(C)(C)O)[C@@H]3C=C2C)[C@H](O)[C@@H](C)[C@@H]2C=CC(=O)[C@]21C. The maximum atomic E-state index is 14.1. The molecule has 11 atom stereocenters. The third kappa shape index (κ3) is 3.42. The van der Waals surface area contributed by atoms with Gasteiger partial charge in [0.2, 0.25) is 0 Å². The van der Waals surface area contributed by atoms with E-state index < -0.39 is 58.5 Å². The summed E-state index contributed by atoms with van der Waals surface area (Å²) in [6, 6.07) is 0. The van der Waals surface area contributed by atoms with Crippen molar-refractivity contribution < 1.29 is 34.1 Å². The van der Waals surface area contributed by atoms with Crippen LogP contribution in [0, 0.1) is 46.3 Å². The highest BCUT2D eigenvalue weighted by Gasteiger charge is 2.75. The molecule has 0 aromatic rings. The van der Waals surface area contributed by atoms with Crippen molar-refractivity contribution in [3.63, 3.8) is 0 Å². The zero-order valence-corrected chi connectivity index (χ0v) is 22.9. The molecule has 0 amide bonds. The molecule has 1 aliphatic heterocycles. The van der Waals surface area contributed by atoms with E-state index in [0.717, 1.165) is 6.42 Å². The summed E-state index contributed by atoms with van der Waals surface area (Å²) in [6.07, 6.45) is 5.36. The zero-order valence-electron chi connectivity index (χ0n) is 22.9. The molecule has 5 aliphatic carbocycles. The Kier molecular flexibility index (Phi) is 5.97. The van der Waals surface area contributed by atoms with Crippen LogP contribution in [0.1, 0.15) is 61.3 Å².